The van der Waals surface area contributed by atoms with Crippen LogP contribution in [0, 0.1) is 0 Å². The molecule has 6 nitrogen and oxygen atoms in total. The summed E-state index contributed by atoms with van der Waals surface area (Å²) in [7, 11) is 0. The molecule has 0 aliphatic rings. The van der Waals surface area contributed by atoms with Gasteiger partial charge in [-0.1, -0.05) is 0 Å². The van der Waals surface area contributed by atoms with Crippen molar-refractivity contribution in [1.82, 2.24) is 0 Å². The summed E-state index contributed by atoms with van der Waals surface area (Å²) in [6, 6.07) is 0. The quantitative estimate of drug-likeness (QED) is 0.341. The number of hydrogen-bond acceptors (Lipinski definition) is 6. The van der Waals surface area contributed by atoms with E-state index in [2.05, 4.69) is 4.74 Å². The topological polar surface area (TPSA) is 107 Å². The second-order valence-electron chi connectivity index (χ2n) is 2.12. The van der Waals surface area contributed by atoms with E-state index in [4.69, 9.17) is 20.4 Å². The Morgan fingerprint density at radius 1 is 1.25 bits per heavy atom. The van der Waals surface area contributed by atoms with Crippen molar-refractivity contribution in [2.24, 2.45) is 0 Å². The van der Waals surface area contributed by atoms with E-state index in [0.29, 0.717) is 0 Å². The maximum atomic E-state index is 10.4. The average Bonchev–Trinajstić information content (AvgIpc) is 2.12. The highest BCUT2D eigenvalue weighted by molar-refractivity contribution is 5.70. The van der Waals surface area contributed by atoms with Gasteiger partial charge in [0.25, 0.3) is 0 Å². The molecule has 72 valence electrons. The van der Waals surface area contributed by atoms with Gasteiger partial charge in [0.15, 0.2) is 6.10 Å². The van der Waals surface area contributed by atoms with Crippen LogP contribution in [0.3, 0.4) is 0 Å². The van der Waals surface area contributed by atoms with Crippen LogP contribution in [0.25, 0.3) is 0 Å². The van der Waals surface area contributed by atoms with E-state index in [1.54, 1.807) is 0 Å². The van der Waals surface area contributed by atoms with Gasteiger partial charge in [-0.05, 0) is 0 Å². The summed E-state index contributed by atoms with van der Waals surface area (Å²) in [6.45, 7) is -2.05. The minimum Gasteiger partial charge on any atom is -0.455 e. The fourth-order valence-corrected chi connectivity index (χ4v) is 0.561. The van der Waals surface area contributed by atoms with Crippen molar-refractivity contribution in [2.75, 3.05) is 19.8 Å². The molecule has 0 fully saturated rings. The van der Waals surface area contributed by atoms with Crippen LogP contribution in [0.5, 0.6) is 0 Å². The number of carbonyl (C=O) groups is 1. The van der Waals surface area contributed by atoms with Gasteiger partial charge in [-0.2, -0.15) is 0 Å². The van der Waals surface area contributed by atoms with Gasteiger partial charge in [0.2, 0.25) is 0 Å². The van der Waals surface area contributed by atoms with Crippen LogP contribution >= 0.6 is 0 Å². The third kappa shape index (κ3) is 3.63. The molecule has 0 aromatic heterocycles. The van der Waals surface area contributed by atoms with Crippen molar-refractivity contribution in [1.29, 1.82) is 0 Å². The molecule has 4 N–H and O–H groups in total. The van der Waals surface area contributed by atoms with Crippen LogP contribution in [0.1, 0.15) is 0 Å². The Morgan fingerprint density at radius 2 is 1.83 bits per heavy atom. The van der Waals surface area contributed by atoms with E-state index in [9.17, 15) is 4.79 Å². The number of carbonyl (C=O) groups excluding carboxylic acids is 1. The van der Waals surface area contributed by atoms with Gasteiger partial charge in [0.1, 0.15) is 12.7 Å². The minimum atomic E-state index is -1.33. The average molecular weight is 180 g/mol. The molecule has 0 aromatic carbocycles. The van der Waals surface area contributed by atoms with Gasteiger partial charge in [0.05, 0.1) is 13.2 Å². The molecule has 0 radical (unpaired) electrons. The number of rotatable bonds is 5. The Balaban J connectivity index is 3.90. The first-order valence-corrected chi connectivity index (χ1v) is 3.35. The molecule has 2 atom stereocenters. The number of aliphatic hydroxyl groups is 4. The Kier molecular flexibility index (Phi) is 5.56. The van der Waals surface area contributed by atoms with Gasteiger partial charge in [-0.15, -0.1) is 0 Å². The Bertz CT molecular complexity index is 136. The number of hydrogen-bond donors (Lipinski definition) is 4. The molecule has 0 spiro atoms. The van der Waals surface area contributed by atoms with E-state index >= 15 is 0 Å². The molecule has 0 aliphatic heterocycles. The lowest BCUT2D eigenvalue weighted by atomic mass is 10.2. The highest BCUT2D eigenvalue weighted by atomic mass is 16.6. The Morgan fingerprint density at radius 3 is 2.17 bits per heavy atom. The van der Waals surface area contributed by atoms with Gasteiger partial charge < -0.3 is 25.2 Å². The summed E-state index contributed by atoms with van der Waals surface area (Å²) in [4.78, 5) is 10.4. The summed E-state index contributed by atoms with van der Waals surface area (Å²) in [6.07, 6.45) is -2.51. The van der Waals surface area contributed by atoms with Crippen molar-refractivity contribution >= 4 is 5.97 Å². The molecule has 0 bridgehead atoms. The van der Waals surface area contributed by atoms with E-state index < -0.39 is 38.0 Å². The zero-order chi connectivity index (χ0) is 9.56. The predicted octanol–water partition coefficient (Wildman–Crippen LogP) is -2.76. The third-order valence-corrected chi connectivity index (χ3v) is 1.21. The number of esters is 1. The molecular weight excluding hydrogens is 168 g/mol. The standard InChI is InChI=1S/C6H12O6/c7-1-4(10)5(2-8)12-6(11)3-9/h4-5,7-10H,1-3H2/t4-,5?/m0/s1. The SMILES string of the molecule is O=C(CO)OC(CO)[C@@H](O)CO. The summed E-state index contributed by atoms with van der Waals surface area (Å²) in [5.74, 6) is -0.957. The monoisotopic (exact) mass is 180 g/mol. The maximum Gasteiger partial charge on any atom is 0.332 e. The summed E-state index contributed by atoms with van der Waals surface area (Å²) in [5.41, 5.74) is 0. The first-order chi connectivity index (χ1) is 5.65. The third-order valence-electron chi connectivity index (χ3n) is 1.21. The molecule has 0 aliphatic carbocycles. The fourth-order valence-electron chi connectivity index (χ4n) is 0.561. The van der Waals surface area contributed by atoms with Gasteiger partial charge in [-0.3, -0.25) is 0 Å². The molecule has 0 heterocycles. The van der Waals surface area contributed by atoms with Crippen molar-refractivity contribution in [3.05, 3.63) is 0 Å². The minimum absolute atomic E-state index is 0.604. The van der Waals surface area contributed by atoms with Crippen LogP contribution < -0.4 is 0 Å². The summed E-state index contributed by atoms with van der Waals surface area (Å²) < 4.78 is 4.35. The molecule has 0 rings (SSSR count). The van der Waals surface area contributed by atoms with Crippen LogP contribution in [0.15, 0.2) is 0 Å². The Labute approximate surface area is 69.0 Å². The maximum absolute atomic E-state index is 10.4. The molecule has 0 amide bonds. The molecule has 1 unspecified atom stereocenters. The number of aliphatic hydroxyl groups excluding tert-OH is 4. The van der Waals surface area contributed by atoms with Crippen molar-refractivity contribution < 1.29 is 30.0 Å². The van der Waals surface area contributed by atoms with Crippen LogP contribution in [0.4, 0.5) is 0 Å². The van der Waals surface area contributed by atoms with Crippen LogP contribution in [-0.2, 0) is 9.53 Å². The van der Waals surface area contributed by atoms with Gasteiger partial charge >= 0.3 is 5.97 Å². The lowest BCUT2D eigenvalue weighted by Crippen LogP contribution is -2.37. The first kappa shape index (κ1) is 11.3. The number of ether oxygens (including phenoxy) is 1. The molecule has 12 heavy (non-hydrogen) atoms. The van der Waals surface area contributed by atoms with E-state index in [1.807, 2.05) is 0 Å². The zero-order valence-corrected chi connectivity index (χ0v) is 6.38. The van der Waals surface area contributed by atoms with Crippen LogP contribution in [-0.4, -0.2) is 58.4 Å². The Hall–Kier alpha value is -0.690. The lowest BCUT2D eigenvalue weighted by molar-refractivity contribution is -0.163. The second-order valence-corrected chi connectivity index (χ2v) is 2.12. The van der Waals surface area contributed by atoms with Crippen LogP contribution in [0.2, 0.25) is 0 Å². The molecule has 0 saturated heterocycles. The second kappa shape index (κ2) is 5.90. The van der Waals surface area contributed by atoms with E-state index in [0.717, 1.165) is 0 Å². The normalized spacial score (nSPS) is 15.3. The smallest absolute Gasteiger partial charge is 0.332 e. The van der Waals surface area contributed by atoms with Gasteiger partial charge in [-0.25, -0.2) is 4.79 Å². The highest BCUT2D eigenvalue weighted by Gasteiger charge is 2.21. The predicted molar refractivity (Wildman–Crippen MR) is 37.1 cm³/mol. The summed E-state index contributed by atoms with van der Waals surface area (Å²) in [5, 5.41) is 34.1. The molecule has 0 aromatic rings. The zero-order valence-electron chi connectivity index (χ0n) is 6.38. The lowest BCUT2D eigenvalue weighted by Gasteiger charge is -2.18. The first-order valence-electron chi connectivity index (χ1n) is 3.35. The molecule has 6 heteroatoms. The fraction of sp³-hybridized carbons (Fsp3) is 0.833. The largest absolute Gasteiger partial charge is 0.455 e. The van der Waals surface area contributed by atoms with Crippen molar-refractivity contribution in [3.63, 3.8) is 0 Å². The summed E-state index contributed by atoms with van der Waals surface area (Å²) >= 11 is 0. The van der Waals surface area contributed by atoms with Crippen molar-refractivity contribution in [2.45, 2.75) is 12.2 Å². The van der Waals surface area contributed by atoms with E-state index in [1.165, 1.54) is 0 Å². The van der Waals surface area contributed by atoms with Gasteiger partial charge in [0, 0.05) is 0 Å². The molecular formula is C6H12O6. The molecule has 0 saturated carbocycles. The van der Waals surface area contributed by atoms with Crippen molar-refractivity contribution in [3.8, 4) is 0 Å². The van der Waals surface area contributed by atoms with E-state index in [-0.39, 0.29) is 0 Å². The highest BCUT2D eigenvalue weighted by Crippen LogP contribution is 1.98.